The van der Waals surface area contributed by atoms with E-state index in [1.165, 1.54) is 9.78 Å². The van der Waals surface area contributed by atoms with E-state index in [9.17, 15) is 22.8 Å². The first kappa shape index (κ1) is 27.5. The molecule has 4 nitrogen and oxygen atoms in total. The van der Waals surface area contributed by atoms with Crippen LogP contribution < -0.4 is 0 Å². The van der Waals surface area contributed by atoms with Crippen molar-refractivity contribution in [1.29, 1.82) is 0 Å². The summed E-state index contributed by atoms with van der Waals surface area (Å²) in [6.07, 6.45) is -2.37. The van der Waals surface area contributed by atoms with Crippen LogP contribution >= 0.6 is 34.5 Å². The van der Waals surface area contributed by atoms with Crippen LogP contribution in [0.4, 0.5) is 13.2 Å². The highest BCUT2D eigenvalue weighted by molar-refractivity contribution is 7.10. The molecule has 1 unspecified atom stereocenters. The van der Waals surface area contributed by atoms with Crippen LogP contribution in [-0.4, -0.2) is 41.2 Å². The molecule has 2 heterocycles. The molecule has 0 N–H and O–H groups in total. The van der Waals surface area contributed by atoms with Gasteiger partial charge in [0.25, 0.3) is 5.91 Å². The van der Waals surface area contributed by atoms with Gasteiger partial charge in [0.15, 0.2) is 0 Å². The third-order valence-corrected chi connectivity index (χ3v) is 7.96. The summed E-state index contributed by atoms with van der Waals surface area (Å²) < 4.78 is 38.9. The Kier molecular flexibility index (Phi) is 8.51. The third-order valence-electron chi connectivity index (χ3n) is 6.40. The molecule has 4 rings (SSSR count). The summed E-state index contributed by atoms with van der Waals surface area (Å²) in [4.78, 5) is 31.3. The molecule has 1 aromatic heterocycles. The molecule has 0 spiro atoms. The van der Waals surface area contributed by atoms with E-state index < -0.39 is 23.7 Å². The van der Waals surface area contributed by atoms with Crippen molar-refractivity contribution >= 4 is 46.4 Å². The number of alkyl halides is 3. The number of amides is 2. The fraction of sp³-hybridized carbons (Fsp3) is 0.333. The molecule has 10 heteroatoms. The van der Waals surface area contributed by atoms with E-state index in [0.717, 1.165) is 41.8 Å². The van der Waals surface area contributed by atoms with Crippen molar-refractivity contribution < 1.29 is 22.8 Å². The molecular formula is C27H25Cl2F3N2O2S. The quantitative estimate of drug-likeness (QED) is 0.296. The van der Waals surface area contributed by atoms with Gasteiger partial charge in [0.05, 0.1) is 11.6 Å². The predicted octanol–water partition coefficient (Wildman–Crippen LogP) is 7.49. The number of hydrogen-bond acceptors (Lipinski definition) is 3. The normalized spacial score (nSPS) is 15.4. The summed E-state index contributed by atoms with van der Waals surface area (Å²) in [6, 6.07) is 10.8. The second kappa shape index (κ2) is 11.5. The molecule has 1 atom stereocenters. The maximum atomic E-state index is 13.7. The van der Waals surface area contributed by atoms with Gasteiger partial charge in [0, 0.05) is 33.6 Å². The fourth-order valence-electron chi connectivity index (χ4n) is 4.48. The van der Waals surface area contributed by atoms with E-state index in [-0.39, 0.29) is 18.0 Å². The van der Waals surface area contributed by atoms with Gasteiger partial charge in [-0.1, -0.05) is 42.6 Å². The molecule has 196 valence electrons. The minimum atomic E-state index is -4.49. The van der Waals surface area contributed by atoms with Gasteiger partial charge in [-0.2, -0.15) is 13.2 Å². The van der Waals surface area contributed by atoms with Crippen molar-refractivity contribution in [2.45, 2.75) is 38.4 Å². The summed E-state index contributed by atoms with van der Waals surface area (Å²) in [5.74, 6) is -0.742. The zero-order valence-corrected chi connectivity index (χ0v) is 22.4. The first-order valence-corrected chi connectivity index (χ1v) is 13.5. The van der Waals surface area contributed by atoms with Crippen LogP contribution in [-0.2, 0) is 17.4 Å². The van der Waals surface area contributed by atoms with Crippen LogP contribution in [0.1, 0.15) is 57.7 Å². The Morgan fingerprint density at radius 2 is 1.81 bits per heavy atom. The van der Waals surface area contributed by atoms with Gasteiger partial charge in [-0.25, -0.2) is 0 Å². The highest BCUT2D eigenvalue weighted by Gasteiger charge is 2.35. The number of nitrogens with zero attached hydrogens (tertiary/aromatic N) is 2. The number of rotatable bonds is 7. The van der Waals surface area contributed by atoms with Crippen LogP contribution in [0, 0.1) is 0 Å². The summed E-state index contributed by atoms with van der Waals surface area (Å²) in [7, 11) is 0. The first-order chi connectivity index (χ1) is 17.6. The minimum absolute atomic E-state index is 0.105. The Labute approximate surface area is 227 Å². The monoisotopic (exact) mass is 568 g/mol. The van der Waals surface area contributed by atoms with Gasteiger partial charge in [0.1, 0.15) is 6.54 Å². The molecule has 0 saturated carbocycles. The van der Waals surface area contributed by atoms with Crippen molar-refractivity contribution in [3.05, 3.63) is 91.1 Å². The maximum absolute atomic E-state index is 13.7. The van der Waals surface area contributed by atoms with Crippen LogP contribution in [0.5, 0.6) is 0 Å². The van der Waals surface area contributed by atoms with E-state index in [4.69, 9.17) is 23.2 Å². The Hall–Kier alpha value is -2.55. The second-order valence-corrected chi connectivity index (χ2v) is 10.7. The number of benzene rings is 2. The van der Waals surface area contributed by atoms with Crippen LogP contribution in [0.25, 0.3) is 0 Å². The molecule has 0 bridgehead atoms. The lowest BCUT2D eigenvalue weighted by atomic mass is 9.93. The SMILES string of the molecule is CCCCN(CC(=O)N1CCc2sccc2C1c1ccc(Cl)cc1Cl)C(=O)c1ccc(C(F)(F)F)cc1. The van der Waals surface area contributed by atoms with Crippen LogP contribution in [0.2, 0.25) is 10.0 Å². The fourth-order valence-corrected chi connectivity index (χ4v) is 5.90. The first-order valence-electron chi connectivity index (χ1n) is 11.9. The van der Waals surface area contributed by atoms with Gasteiger partial charge < -0.3 is 9.80 Å². The highest BCUT2D eigenvalue weighted by Crippen LogP contribution is 2.41. The Bertz CT molecular complexity index is 1280. The lowest BCUT2D eigenvalue weighted by molar-refractivity contribution is -0.137. The average molecular weight is 569 g/mol. The Morgan fingerprint density at radius 1 is 1.08 bits per heavy atom. The molecular weight excluding hydrogens is 544 g/mol. The molecule has 2 amide bonds. The largest absolute Gasteiger partial charge is 0.416 e. The zero-order valence-electron chi connectivity index (χ0n) is 20.0. The molecule has 0 aliphatic carbocycles. The van der Waals surface area contributed by atoms with Crippen LogP contribution in [0.3, 0.4) is 0 Å². The molecule has 0 fully saturated rings. The lowest BCUT2D eigenvalue weighted by Gasteiger charge is -2.38. The number of halogens is 5. The van der Waals surface area contributed by atoms with E-state index in [0.29, 0.717) is 36.0 Å². The number of thiophene rings is 1. The summed E-state index contributed by atoms with van der Waals surface area (Å²) in [5, 5.41) is 2.91. The van der Waals surface area contributed by atoms with Gasteiger partial charge in [-0.15, -0.1) is 11.3 Å². The Morgan fingerprint density at radius 3 is 2.46 bits per heavy atom. The molecule has 3 aromatic rings. The number of carbonyl (C=O) groups is 2. The summed E-state index contributed by atoms with van der Waals surface area (Å²) in [6.45, 7) is 2.53. The number of fused-ring (bicyclic) bond motifs is 1. The third kappa shape index (κ3) is 6.13. The van der Waals surface area contributed by atoms with E-state index in [2.05, 4.69) is 0 Å². The van der Waals surface area contributed by atoms with Crippen molar-refractivity contribution in [3.8, 4) is 0 Å². The Balaban J connectivity index is 1.61. The van der Waals surface area contributed by atoms with E-state index in [1.54, 1.807) is 28.4 Å². The van der Waals surface area contributed by atoms with Crippen molar-refractivity contribution in [2.24, 2.45) is 0 Å². The number of carbonyl (C=O) groups excluding carboxylic acids is 2. The molecule has 2 aromatic carbocycles. The highest BCUT2D eigenvalue weighted by atomic mass is 35.5. The maximum Gasteiger partial charge on any atom is 0.416 e. The molecule has 1 aliphatic heterocycles. The minimum Gasteiger partial charge on any atom is -0.330 e. The van der Waals surface area contributed by atoms with Gasteiger partial charge in [0.2, 0.25) is 5.91 Å². The molecule has 0 radical (unpaired) electrons. The van der Waals surface area contributed by atoms with E-state index >= 15 is 0 Å². The zero-order chi connectivity index (χ0) is 26.7. The lowest BCUT2D eigenvalue weighted by Crippen LogP contribution is -2.47. The van der Waals surface area contributed by atoms with Crippen molar-refractivity contribution in [1.82, 2.24) is 9.80 Å². The van der Waals surface area contributed by atoms with Gasteiger partial charge in [-0.05, 0) is 71.8 Å². The summed E-state index contributed by atoms with van der Waals surface area (Å²) >= 11 is 14.3. The van der Waals surface area contributed by atoms with Crippen molar-refractivity contribution in [3.63, 3.8) is 0 Å². The molecule has 0 saturated heterocycles. The molecule has 37 heavy (non-hydrogen) atoms. The van der Waals surface area contributed by atoms with Gasteiger partial charge in [-0.3, -0.25) is 9.59 Å². The smallest absolute Gasteiger partial charge is 0.330 e. The molecule has 1 aliphatic rings. The van der Waals surface area contributed by atoms with Gasteiger partial charge >= 0.3 is 6.18 Å². The predicted molar refractivity (Wildman–Crippen MR) is 140 cm³/mol. The second-order valence-electron chi connectivity index (χ2n) is 8.86. The topological polar surface area (TPSA) is 40.6 Å². The number of unbranched alkanes of at least 4 members (excludes halogenated alkanes) is 1. The number of hydrogen-bond donors (Lipinski definition) is 0. The van der Waals surface area contributed by atoms with E-state index in [1.807, 2.05) is 24.4 Å². The van der Waals surface area contributed by atoms with Crippen molar-refractivity contribution in [2.75, 3.05) is 19.6 Å². The van der Waals surface area contributed by atoms with Crippen LogP contribution in [0.15, 0.2) is 53.9 Å². The average Bonchev–Trinajstić information content (AvgIpc) is 3.34. The standard InChI is InChI=1S/C27H25Cl2F3N2O2S/c1-2-3-12-33(26(36)17-4-6-18(7-5-17)27(30,31)32)16-24(35)34-13-10-23-21(11-14-37-23)25(34)20-9-8-19(28)15-22(20)29/h4-9,11,14-15,25H,2-3,10,12-13,16H2,1H3. The summed E-state index contributed by atoms with van der Waals surface area (Å²) in [5.41, 5.74) is 1.01.